The van der Waals surface area contributed by atoms with E-state index in [1.54, 1.807) is 7.11 Å². The zero-order valence-electron chi connectivity index (χ0n) is 13.1. The largest absolute Gasteiger partial charge is 0.497 e. The Kier molecular flexibility index (Phi) is 5.62. The van der Waals surface area contributed by atoms with E-state index in [4.69, 9.17) is 4.74 Å². The number of methoxy groups -OCH3 is 1. The van der Waals surface area contributed by atoms with Crippen LogP contribution in [0.2, 0.25) is 0 Å². The lowest BCUT2D eigenvalue weighted by atomic mass is 9.81. The van der Waals surface area contributed by atoms with Gasteiger partial charge in [-0.2, -0.15) is 0 Å². The average Bonchev–Trinajstić information content (AvgIpc) is 2.52. The number of carbonyl (C=O) groups is 1. The van der Waals surface area contributed by atoms with Crippen LogP contribution in [0.25, 0.3) is 0 Å². The number of amides is 1. The molecule has 0 saturated carbocycles. The Balaban J connectivity index is 1.71. The molecule has 0 aromatic heterocycles. The van der Waals surface area contributed by atoms with Gasteiger partial charge in [0.25, 0.3) is 0 Å². The van der Waals surface area contributed by atoms with Gasteiger partial charge in [0.1, 0.15) is 5.75 Å². The first-order valence-electron chi connectivity index (χ1n) is 7.72. The van der Waals surface area contributed by atoms with E-state index in [0.29, 0.717) is 6.42 Å². The highest BCUT2D eigenvalue weighted by atomic mass is 16.5. The van der Waals surface area contributed by atoms with E-state index in [1.165, 1.54) is 5.56 Å². The first-order valence-corrected chi connectivity index (χ1v) is 7.72. The highest BCUT2D eigenvalue weighted by Gasteiger charge is 2.26. The SMILES string of the molecule is COc1ccc(CCC(=O)NCC2(C)CCNCC2)cc1. The van der Waals surface area contributed by atoms with Crippen molar-refractivity contribution in [2.45, 2.75) is 32.6 Å². The van der Waals surface area contributed by atoms with E-state index < -0.39 is 0 Å². The van der Waals surface area contributed by atoms with Crippen LogP contribution in [0.5, 0.6) is 5.75 Å². The molecule has 1 aliphatic rings. The van der Waals surface area contributed by atoms with Crippen LogP contribution in [0.3, 0.4) is 0 Å². The van der Waals surface area contributed by atoms with E-state index in [9.17, 15) is 4.79 Å². The van der Waals surface area contributed by atoms with Crippen molar-refractivity contribution in [1.82, 2.24) is 10.6 Å². The molecule has 0 spiro atoms. The summed E-state index contributed by atoms with van der Waals surface area (Å²) in [5.74, 6) is 0.993. The molecule has 0 aliphatic carbocycles. The van der Waals surface area contributed by atoms with Gasteiger partial charge in [0, 0.05) is 13.0 Å². The molecular weight excluding hydrogens is 264 g/mol. The Labute approximate surface area is 127 Å². The number of carbonyl (C=O) groups excluding carboxylic acids is 1. The molecule has 21 heavy (non-hydrogen) atoms. The number of nitrogens with one attached hydrogen (secondary N) is 2. The molecular formula is C17H26N2O2. The lowest BCUT2D eigenvalue weighted by molar-refractivity contribution is -0.121. The van der Waals surface area contributed by atoms with Gasteiger partial charge in [-0.25, -0.2) is 0 Å². The fourth-order valence-corrected chi connectivity index (χ4v) is 2.66. The summed E-state index contributed by atoms with van der Waals surface area (Å²) in [6.45, 7) is 5.16. The summed E-state index contributed by atoms with van der Waals surface area (Å²) in [6.07, 6.45) is 3.58. The van der Waals surface area contributed by atoms with Crippen molar-refractivity contribution < 1.29 is 9.53 Å². The van der Waals surface area contributed by atoms with Crippen molar-refractivity contribution in [3.63, 3.8) is 0 Å². The molecule has 0 bridgehead atoms. The van der Waals surface area contributed by atoms with Crippen molar-refractivity contribution in [1.29, 1.82) is 0 Å². The van der Waals surface area contributed by atoms with Crippen LogP contribution < -0.4 is 15.4 Å². The lowest BCUT2D eigenvalue weighted by Crippen LogP contribution is -2.42. The summed E-state index contributed by atoms with van der Waals surface area (Å²) in [5, 5.41) is 6.45. The molecule has 1 heterocycles. The Hall–Kier alpha value is -1.55. The van der Waals surface area contributed by atoms with Crippen LogP contribution in [-0.2, 0) is 11.2 Å². The van der Waals surface area contributed by atoms with Gasteiger partial charge in [0.2, 0.25) is 5.91 Å². The molecule has 1 fully saturated rings. The van der Waals surface area contributed by atoms with Crippen LogP contribution in [0, 0.1) is 5.41 Å². The predicted molar refractivity (Wildman–Crippen MR) is 84.5 cm³/mol. The zero-order valence-corrected chi connectivity index (χ0v) is 13.1. The normalized spacial score (nSPS) is 17.2. The minimum Gasteiger partial charge on any atom is -0.497 e. The van der Waals surface area contributed by atoms with Crippen molar-refractivity contribution in [2.75, 3.05) is 26.7 Å². The van der Waals surface area contributed by atoms with E-state index in [2.05, 4.69) is 17.6 Å². The molecule has 1 aromatic carbocycles. The topological polar surface area (TPSA) is 50.4 Å². The summed E-state index contributed by atoms with van der Waals surface area (Å²) in [4.78, 5) is 12.0. The maximum atomic E-state index is 12.0. The van der Waals surface area contributed by atoms with Gasteiger partial charge < -0.3 is 15.4 Å². The van der Waals surface area contributed by atoms with Gasteiger partial charge >= 0.3 is 0 Å². The maximum Gasteiger partial charge on any atom is 0.220 e. The minimum absolute atomic E-state index is 0.144. The first-order chi connectivity index (χ1) is 10.1. The molecule has 2 N–H and O–H groups in total. The number of benzene rings is 1. The summed E-state index contributed by atoms with van der Waals surface area (Å²) in [7, 11) is 1.66. The third-order valence-electron chi connectivity index (χ3n) is 4.32. The fraction of sp³-hybridized carbons (Fsp3) is 0.588. The molecule has 1 amide bonds. The maximum absolute atomic E-state index is 12.0. The van der Waals surface area contributed by atoms with Gasteiger partial charge in [-0.3, -0.25) is 4.79 Å². The standard InChI is InChI=1S/C17H26N2O2/c1-17(9-11-18-12-10-17)13-19-16(20)8-5-14-3-6-15(21-2)7-4-14/h3-4,6-7,18H,5,8-13H2,1-2H3,(H,19,20). The smallest absolute Gasteiger partial charge is 0.220 e. The molecule has 116 valence electrons. The summed E-state index contributed by atoms with van der Waals surface area (Å²) < 4.78 is 5.13. The lowest BCUT2D eigenvalue weighted by Gasteiger charge is -2.34. The number of hydrogen-bond acceptors (Lipinski definition) is 3. The Morgan fingerprint density at radius 3 is 2.57 bits per heavy atom. The molecule has 0 unspecified atom stereocenters. The van der Waals surface area contributed by atoms with E-state index in [0.717, 1.165) is 44.6 Å². The predicted octanol–water partition coefficient (Wildman–Crippen LogP) is 2.13. The second-order valence-electron chi connectivity index (χ2n) is 6.19. The average molecular weight is 290 g/mol. The molecule has 4 nitrogen and oxygen atoms in total. The van der Waals surface area contributed by atoms with Crippen LogP contribution in [0.1, 0.15) is 31.7 Å². The fourth-order valence-electron chi connectivity index (χ4n) is 2.66. The number of rotatable bonds is 6. The number of hydrogen-bond donors (Lipinski definition) is 2. The quantitative estimate of drug-likeness (QED) is 0.844. The molecule has 4 heteroatoms. The van der Waals surface area contributed by atoms with Gasteiger partial charge in [-0.05, 0) is 55.5 Å². The van der Waals surface area contributed by atoms with Crippen molar-refractivity contribution >= 4 is 5.91 Å². The molecule has 0 atom stereocenters. The Bertz CT molecular complexity index is 450. The molecule has 1 aliphatic heterocycles. The minimum atomic E-state index is 0.144. The number of aryl methyl sites for hydroxylation is 1. The molecule has 1 saturated heterocycles. The second-order valence-corrected chi connectivity index (χ2v) is 6.19. The van der Waals surface area contributed by atoms with Crippen LogP contribution >= 0.6 is 0 Å². The van der Waals surface area contributed by atoms with E-state index >= 15 is 0 Å². The van der Waals surface area contributed by atoms with E-state index in [-0.39, 0.29) is 11.3 Å². The van der Waals surface area contributed by atoms with Crippen molar-refractivity contribution in [3.8, 4) is 5.75 Å². The van der Waals surface area contributed by atoms with E-state index in [1.807, 2.05) is 24.3 Å². The van der Waals surface area contributed by atoms with Gasteiger partial charge in [-0.15, -0.1) is 0 Å². The second kappa shape index (κ2) is 7.46. The van der Waals surface area contributed by atoms with Crippen LogP contribution in [0.4, 0.5) is 0 Å². The van der Waals surface area contributed by atoms with Gasteiger partial charge in [0.15, 0.2) is 0 Å². The van der Waals surface area contributed by atoms with Gasteiger partial charge in [0.05, 0.1) is 7.11 Å². The third-order valence-corrected chi connectivity index (χ3v) is 4.32. The Morgan fingerprint density at radius 1 is 1.29 bits per heavy atom. The summed E-state index contributed by atoms with van der Waals surface area (Å²) in [6, 6.07) is 7.90. The van der Waals surface area contributed by atoms with Crippen molar-refractivity contribution in [2.24, 2.45) is 5.41 Å². The monoisotopic (exact) mass is 290 g/mol. The number of ether oxygens (including phenoxy) is 1. The Morgan fingerprint density at radius 2 is 1.95 bits per heavy atom. The number of piperidine rings is 1. The summed E-state index contributed by atoms with van der Waals surface area (Å²) >= 11 is 0. The third kappa shape index (κ3) is 5.05. The van der Waals surface area contributed by atoms with Crippen molar-refractivity contribution in [3.05, 3.63) is 29.8 Å². The molecule has 1 aromatic rings. The summed E-state index contributed by atoms with van der Waals surface area (Å²) in [5.41, 5.74) is 1.42. The molecule has 0 radical (unpaired) electrons. The van der Waals surface area contributed by atoms with Gasteiger partial charge in [-0.1, -0.05) is 19.1 Å². The highest BCUT2D eigenvalue weighted by molar-refractivity contribution is 5.76. The van der Waals surface area contributed by atoms with Crippen LogP contribution in [0.15, 0.2) is 24.3 Å². The highest BCUT2D eigenvalue weighted by Crippen LogP contribution is 2.26. The zero-order chi connectivity index (χ0) is 15.1. The first kappa shape index (κ1) is 15.8. The molecule has 2 rings (SSSR count). The van der Waals surface area contributed by atoms with Crippen LogP contribution in [-0.4, -0.2) is 32.7 Å².